The number of nitrogens with zero attached hydrogens (tertiary/aromatic N) is 1. The molecule has 2 rings (SSSR count). The number of benzene rings is 1. The molecule has 0 saturated carbocycles. The van der Waals surface area contributed by atoms with Gasteiger partial charge in [0.05, 0.1) is 24.2 Å². The monoisotopic (exact) mass is 369 g/mol. The minimum Gasteiger partial charge on any atom is -0.354 e. The third-order valence-corrected chi connectivity index (χ3v) is 3.36. The molecule has 1 aliphatic heterocycles. The number of alkyl halides is 6. The van der Waals surface area contributed by atoms with Crippen LogP contribution in [0.15, 0.2) is 18.2 Å². The van der Waals surface area contributed by atoms with Crippen molar-refractivity contribution in [3.8, 4) is 0 Å². The van der Waals surface area contributed by atoms with Gasteiger partial charge in [0.1, 0.15) is 0 Å². The third kappa shape index (κ3) is 5.34. The number of hydrogen-bond donors (Lipinski definition) is 2. The number of rotatable bonds is 3. The van der Waals surface area contributed by atoms with E-state index in [4.69, 9.17) is 0 Å². The summed E-state index contributed by atoms with van der Waals surface area (Å²) >= 11 is 0. The summed E-state index contributed by atoms with van der Waals surface area (Å²) in [6.07, 6.45) is -9.99. The number of hydrogen-bond acceptors (Lipinski definition) is 3. The van der Waals surface area contributed by atoms with Gasteiger partial charge in [0.15, 0.2) is 0 Å². The quantitative estimate of drug-likeness (QED) is 0.803. The molecule has 25 heavy (non-hydrogen) atoms. The van der Waals surface area contributed by atoms with Crippen LogP contribution >= 0.6 is 0 Å². The second-order valence-electron chi connectivity index (χ2n) is 5.40. The first-order valence-corrected chi connectivity index (χ1v) is 7.03. The summed E-state index contributed by atoms with van der Waals surface area (Å²) in [4.78, 5) is 24.5. The van der Waals surface area contributed by atoms with Crippen molar-refractivity contribution < 1.29 is 35.9 Å². The third-order valence-electron chi connectivity index (χ3n) is 3.36. The minimum atomic E-state index is -4.99. The number of carbonyl (C=O) groups excluding carboxylic acids is 2. The molecule has 0 atom stereocenters. The molecule has 1 aromatic rings. The Labute approximate surface area is 138 Å². The van der Waals surface area contributed by atoms with E-state index in [1.807, 2.05) is 5.32 Å². The van der Waals surface area contributed by atoms with Gasteiger partial charge in [0.2, 0.25) is 11.8 Å². The van der Waals surface area contributed by atoms with E-state index < -0.39 is 35.1 Å². The number of carbonyl (C=O) groups is 2. The Morgan fingerprint density at radius 2 is 1.64 bits per heavy atom. The van der Waals surface area contributed by atoms with E-state index in [1.54, 1.807) is 0 Å². The highest BCUT2D eigenvalue weighted by Gasteiger charge is 2.37. The van der Waals surface area contributed by atoms with Crippen LogP contribution in [0.1, 0.15) is 11.1 Å². The standard InChI is InChI=1S/C14H13F6N3O2/c15-13(16,17)8-3-9(14(18,19)20)5-10(4-8)22-12(25)7-23-2-1-21-11(24)6-23/h3-5H,1-2,6-7H2,(H,21,24)(H,22,25). The molecule has 0 bridgehead atoms. The van der Waals surface area contributed by atoms with Gasteiger partial charge in [-0.1, -0.05) is 0 Å². The van der Waals surface area contributed by atoms with E-state index in [1.165, 1.54) is 4.90 Å². The smallest absolute Gasteiger partial charge is 0.354 e. The summed E-state index contributed by atoms with van der Waals surface area (Å²) in [5, 5.41) is 4.54. The van der Waals surface area contributed by atoms with Crippen molar-refractivity contribution in [2.75, 3.05) is 31.5 Å². The van der Waals surface area contributed by atoms with Crippen molar-refractivity contribution >= 4 is 17.5 Å². The molecule has 5 nitrogen and oxygen atoms in total. The van der Waals surface area contributed by atoms with Crippen LogP contribution in [-0.4, -0.2) is 42.9 Å². The van der Waals surface area contributed by atoms with E-state index >= 15 is 0 Å². The molecule has 138 valence electrons. The van der Waals surface area contributed by atoms with Gasteiger partial charge in [-0.2, -0.15) is 26.3 Å². The average Bonchev–Trinajstić information content (AvgIpc) is 2.44. The molecule has 1 fully saturated rings. The highest BCUT2D eigenvalue weighted by Crippen LogP contribution is 2.37. The minimum absolute atomic E-state index is 0.0232. The average molecular weight is 369 g/mol. The largest absolute Gasteiger partial charge is 0.416 e. The van der Waals surface area contributed by atoms with Crippen LogP contribution in [0.4, 0.5) is 32.0 Å². The van der Waals surface area contributed by atoms with Crippen molar-refractivity contribution in [1.29, 1.82) is 0 Å². The van der Waals surface area contributed by atoms with Crippen LogP contribution < -0.4 is 10.6 Å². The molecule has 1 saturated heterocycles. The van der Waals surface area contributed by atoms with Gasteiger partial charge < -0.3 is 10.6 Å². The van der Waals surface area contributed by atoms with E-state index in [2.05, 4.69) is 5.32 Å². The van der Waals surface area contributed by atoms with Gasteiger partial charge in [0.25, 0.3) is 0 Å². The fraction of sp³-hybridized carbons (Fsp3) is 0.429. The number of halogens is 6. The zero-order chi connectivity index (χ0) is 18.8. The molecule has 1 aliphatic rings. The zero-order valence-corrected chi connectivity index (χ0v) is 12.6. The Balaban J connectivity index is 2.17. The summed E-state index contributed by atoms with van der Waals surface area (Å²) in [6, 6.07) is 0.830. The lowest BCUT2D eigenvalue weighted by molar-refractivity contribution is -0.143. The number of anilines is 1. The Hall–Kier alpha value is -2.30. The van der Waals surface area contributed by atoms with Crippen molar-refractivity contribution in [3.63, 3.8) is 0 Å². The lowest BCUT2D eigenvalue weighted by atomic mass is 10.1. The predicted molar refractivity (Wildman–Crippen MR) is 74.5 cm³/mol. The Morgan fingerprint density at radius 1 is 1.08 bits per heavy atom. The maximum Gasteiger partial charge on any atom is 0.416 e. The number of amides is 2. The van der Waals surface area contributed by atoms with Gasteiger partial charge in [-0.25, -0.2) is 0 Å². The Kier molecular flexibility index (Phi) is 5.26. The van der Waals surface area contributed by atoms with Crippen molar-refractivity contribution in [2.24, 2.45) is 0 Å². The van der Waals surface area contributed by atoms with E-state index in [9.17, 15) is 35.9 Å². The fourth-order valence-electron chi connectivity index (χ4n) is 2.26. The summed E-state index contributed by atoms with van der Waals surface area (Å²) in [5.74, 6) is -1.14. The highest BCUT2D eigenvalue weighted by molar-refractivity contribution is 5.93. The SMILES string of the molecule is O=C1CN(CC(=O)Nc2cc(C(F)(F)F)cc(C(F)(F)F)c2)CCN1. The summed E-state index contributed by atoms with van der Waals surface area (Å²) in [6.45, 7) is 0.234. The molecular formula is C14H13F6N3O2. The lowest BCUT2D eigenvalue weighted by Gasteiger charge is -2.25. The second kappa shape index (κ2) is 6.90. The number of piperazine rings is 1. The first-order valence-electron chi connectivity index (χ1n) is 7.03. The van der Waals surface area contributed by atoms with Crippen molar-refractivity contribution in [2.45, 2.75) is 12.4 Å². The summed E-state index contributed by atoms with van der Waals surface area (Å²) in [7, 11) is 0. The molecule has 0 spiro atoms. The molecule has 11 heteroatoms. The first kappa shape index (κ1) is 19.0. The van der Waals surface area contributed by atoms with Gasteiger partial charge >= 0.3 is 12.4 Å². The summed E-state index contributed by atoms with van der Waals surface area (Å²) in [5.41, 5.74) is -3.65. The van der Waals surface area contributed by atoms with E-state index in [0.717, 1.165) is 0 Å². The molecule has 1 aromatic carbocycles. The van der Waals surface area contributed by atoms with Crippen molar-refractivity contribution in [1.82, 2.24) is 10.2 Å². The van der Waals surface area contributed by atoms with Crippen LogP contribution in [0.25, 0.3) is 0 Å². The maximum atomic E-state index is 12.8. The van der Waals surface area contributed by atoms with E-state index in [0.29, 0.717) is 25.2 Å². The van der Waals surface area contributed by atoms with Crippen LogP contribution in [0.3, 0.4) is 0 Å². The van der Waals surface area contributed by atoms with E-state index in [-0.39, 0.29) is 25.1 Å². The van der Waals surface area contributed by atoms with Crippen LogP contribution in [0.5, 0.6) is 0 Å². The first-order chi connectivity index (χ1) is 11.4. The molecule has 2 N–H and O–H groups in total. The van der Waals surface area contributed by atoms with Gasteiger partial charge in [-0.3, -0.25) is 14.5 Å². The Morgan fingerprint density at radius 3 is 2.12 bits per heavy atom. The van der Waals surface area contributed by atoms with Gasteiger partial charge in [-0.15, -0.1) is 0 Å². The molecule has 0 aromatic heterocycles. The topological polar surface area (TPSA) is 61.4 Å². The lowest BCUT2D eigenvalue weighted by Crippen LogP contribution is -2.49. The second-order valence-corrected chi connectivity index (χ2v) is 5.40. The number of nitrogens with one attached hydrogen (secondary N) is 2. The van der Waals surface area contributed by atoms with Crippen LogP contribution in [0, 0.1) is 0 Å². The van der Waals surface area contributed by atoms with Crippen molar-refractivity contribution in [3.05, 3.63) is 29.3 Å². The van der Waals surface area contributed by atoms with Gasteiger partial charge in [0, 0.05) is 18.8 Å². The van der Waals surface area contributed by atoms with Crippen LogP contribution in [0.2, 0.25) is 0 Å². The predicted octanol–water partition coefficient (Wildman–Crippen LogP) is 2.09. The molecule has 0 unspecified atom stereocenters. The summed E-state index contributed by atoms with van der Waals surface area (Å²) < 4.78 is 76.5. The molecule has 1 heterocycles. The molecular weight excluding hydrogens is 356 g/mol. The highest BCUT2D eigenvalue weighted by atomic mass is 19.4. The maximum absolute atomic E-state index is 12.8. The van der Waals surface area contributed by atoms with Crippen LogP contribution in [-0.2, 0) is 21.9 Å². The molecule has 0 radical (unpaired) electrons. The normalized spacial score (nSPS) is 16.5. The van der Waals surface area contributed by atoms with Gasteiger partial charge in [-0.05, 0) is 18.2 Å². The molecule has 2 amide bonds. The fourth-order valence-corrected chi connectivity index (χ4v) is 2.26. The Bertz CT molecular complexity index is 639. The zero-order valence-electron chi connectivity index (χ0n) is 12.6. The molecule has 0 aliphatic carbocycles.